The van der Waals surface area contributed by atoms with Gasteiger partial charge in [-0.2, -0.15) is 0 Å². The van der Waals surface area contributed by atoms with Gasteiger partial charge in [0.1, 0.15) is 24.9 Å². The fraction of sp³-hybridized carbons (Fsp3) is 0.905. The largest absolute Gasteiger partial charge is 0.388 e. The normalized spacial score (nSPS) is 27.7. The Labute approximate surface area is 180 Å². The van der Waals surface area contributed by atoms with Crippen molar-refractivity contribution < 1.29 is 34.0 Å². The lowest BCUT2D eigenvalue weighted by atomic mass is 10.00. The molecule has 0 spiro atoms. The molecule has 0 unspecified atom stereocenters. The molecule has 1 aliphatic heterocycles. The van der Waals surface area contributed by atoms with E-state index in [1.54, 1.807) is 11.8 Å². The van der Waals surface area contributed by atoms with Gasteiger partial charge in [0.15, 0.2) is 0 Å². The van der Waals surface area contributed by atoms with Crippen molar-refractivity contribution in [2.75, 3.05) is 53.7 Å². The highest BCUT2D eigenvalue weighted by atomic mass is 16.5. The molecule has 1 fully saturated rings. The van der Waals surface area contributed by atoms with Gasteiger partial charge in [-0.1, -0.05) is 13.8 Å². The maximum Gasteiger partial charge on any atom is 0.248 e. The molecule has 0 aromatic heterocycles. The topological polar surface area (TPSA) is 109 Å². The average molecular weight is 433 g/mol. The minimum Gasteiger partial charge on any atom is -0.388 e. The van der Waals surface area contributed by atoms with E-state index in [1.807, 2.05) is 4.90 Å². The van der Waals surface area contributed by atoms with E-state index >= 15 is 0 Å². The average Bonchev–Trinajstić information content (AvgIpc) is 2.68. The van der Waals surface area contributed by atoms with Crippen molar-refractivity contribution in [2.45, 2.75) is 64.4 Å². The first kappa shape index (κ1) is 26.8. The SMILES string of the molecule is COCC(=O)N1C[C@H](CC(C)C)N(C(C)=O)CCCCOC[C@@H](O)[C@@H](O)[C@H](OC)C1. The van der Waals surface area contributed by atoms with E-state index in [4.69, 9.17) is 14.2 Å². The van der Waals surface area contributed by atoms with Crippen LogP contribution in [0.25, 0.3) is 0 Å². The molecule has 0 bridgehead atoms. The summed E-state index contributed by atoms with van der Waals surface area (Å²) in [5.41, 5.74) is 0. The van der Waals surface area contributed by atoms with Crippen LogP contribution >= 0.6 is 0 Å². The summed E-state index contributed by atoms with van der Waals surface area (Å²) in [7, 11) is 2.87. The zero-order valence-corrected chi connectivity index (χ0v) is 19.1. The minimum absolute atomic E-state index is 0.0283. The Hall–Kier alpha value is -1.26. The Morgan fingerprint density at radius 3 is 2.43 bits per heavy atom. The second kappa shape index (κ2) is 13.9. The first-order valence-electron chi connectivity index (χ1n) is 10.7. The van der Waals surface area contributed by atoms with Crippen LogP contribution in [-0.2, 0) is 23.8 Å². The van der Waals surface area contributed by atoms with Crippen molar-refractivity contribution in [3.8, 4) is 0 Å². The maximum absolute atomic E-state index is 12.8. The van der Waals surface area contributed by atoms with Crippen LogP contribution in [0.4, 0.5) is 0 Å². The molecule has 0 aromatic rings. The van der Waals surface area contributed by atoms with Gasteiger partial charge in [-0.3, -0.25) is 9.59 Å². The zero-order valence-electron chi connectivity index (χ0n) is 19.1. The summed E-state index contributed by atoms with van der Waals surface area (Å²) >= 11 is 0. The number of methoxy groups -OCH3 is 2. The first-order chi connectivity index (χ1) is 14.2. The molecule has 30 heavy (non-hydrogen) atoms. The molecular weight excluding hydrogens is 392 g/mol. The Kier molecular flexibility index (Phi) is 12.4. The van der Waals surface area contributed by atoms with E-state index < -0.39 is 18.3 Å². The number of carbonyl (C=O) groups excluding carboxylic acids is 2. The molecule has 2 N–H and O–H groups in total. The van der Waals surface area contributed by atoms with Gasteiger partial charge < -0.3 is 34.2 Å². The van der Waals surface area contributed by atoms with Crippen LogP contribution in [0.1, 0.15) is 40.0 Å². The van der Waals surface area contributed by atoms with Crippen LogP contribution in [-0.4, -0.2) is 110 Å². The molecule has 0 aliphatic carbocycles. The molecule has 1 heterocycles. The summed E-state index contributed by atoms with van der Waals surface area (Å²) in [6.45, 7) is 6.93. The number of ether oxygens (including phenoxy) is 3. The molecule has 1 rings (SSSR count). The van der Waals surface area contributed by atoms with E-state index in [0.717, 1.165) is 19.3 Å². The number of hydrogen-bond donors (Lipinski definition) is 2. The summed E-state index contributed by atoms with van der Waals surface area (Å²) in [6, 6.07) is -0.174. The van der Waals surface area contributed by atoms with Gasteiger partial charge >= 0.3 is 0 Å². The molecule has 1 aliphatic rings. The summed E-state index contributed by atoms with van der Waals surface area (Å²) in [5, 5.41) is 20.8. The van der Waals surface area contributed by atoms with Crippen LogP contribution in [0.3, 0.4) is 0 Å². The molecule has 1 saturated heterocycles. The lowest BCUT2D eigenvalue weighted by Gasteiger charge is -2.38. The van der Waals surface area contributed by atoms with E-state index in [0.29, 0.717) is 25.6 Å². The third kappa shape index (κ3) is 8.85. The fourth-order valence-corrected chi connectivity index (χ4v) is 3.76. The monoisotopic (exact) mass is 432 g/mol. The van der Waals surface area contributed by atoms with Gasteiger partial charge in [0.2, 0.25) is 11.8 Å². The molecule has 9 heteroatoms. The number of amides is 2. The molecular formula is C21H40N2O7. The van der Waals surface area contributed by atoms with Gasteiger partial charge in [-0.25, -0.2) is 0 Å². The van der Waals surface area contributed by atoms with Crippen LogP contribution in [0.2, 0.25) is 0 Å². The highest BCUT2D eigenvalue weighted by Crippen LogP contribution is 2.17. The zero-order chi connectivity index (χ0) is 22.7. The predicted molar refractivity (Wildman–Crippen MR) is 112 cm³/mol. The number of carbonyl (C=O) groups is 2. The summed E-state index contributed by atoms with van der Waals surface area (Å²) < 4.78 is 15.9. The second-order valence-electron chi connectivity index (χ2n) is 8.34. The first-order valence-corrected chi connectivity index (χ1v) is 10.7. The highest BCUT2D eigenvalue weighted by Gasteiger charge is 2.33. The van der Waals surface area contributed by atoms with E-state index in [2.05, 4.69) is 13.8 Å². The second-order valence-corrected chi connectivity index (χ2v) is 8.34. The lowest BCUT2D eigenvalue weighted by molar-refractivity contribution is -0.145. The Morgan fingerprint density at radius 2 is 1.87 bits per heavy atom. The summed E-state index contributed by atoms with van der Waals surface area (Å²) in [5.74, 6) is 0.0254. The van der Waals surface area contributed by atoms with Gasteiger partial charge in [-0.05, 0) is 25.2 Å². The van der Waals surface area contributed by atoms with Gasteiger partial charge in [0.05, 0.1) is 6.61 Å². The molecule has 0 aromatic carbocycles. The highest BCUT2D eigenvalue weighted by molar-refractivity contribution is 5.78. The van der Waals surface area contributed by atoms with E-state index in [1.165, 1.54) is 14.2 Å². The van der Waals surface area contributed by atoms with E-state index in [9.17, 15) is 19.8 Å². The van der Waals surface area contributed by atoms with Crippen molar-refractivity contribution in [2.24, 2.45) is 5.92 Å². The molecule has 4 atom stereocenters. The van der Waals surface area contributed by atoms with Crippen LogP contribution in [0, 0.1) is 5.92 Å². The van der Waals surface area contributed by atoms with Gasteiger partial charge in [0, 0.05) is 53.4 Å². The third-order valence-electron chi connectivity index (χ3n) is 5.34. The summed E-state index contributed by atoms with van der Waals surface area (Å²) in [6.07, 6.45) is -0.950. The summed E-state index contributed by atoms with van der Waals surface area (Å²) in [4.78, 5) is 28.6. The fourth-order valence-electron chi connectivity index (χ4n) is 3.76. The molecule has 0 radical (unpaired) electrons. The Balaban J connectivity index is 3.22. The van der Waals surface area contributed by atoms with Crippen molar-refractivity contribution in [3.05, 3.63) is 0 Å². The van der Waals surface area contributed by atoms with Gasteiger partial charge in [-0.15, -0.1) is 0 Å². The molecule has 2 amide bonds. The molecule has 9 nitrogen and oxygen atoms in total. The maximum atomic E-state index is 12.8. The number of rotatable bonds is 5. The molecule has 176 valence electrons. The van der Waals surface area contributed by atoms with Crippen LogP contribution < -0.4 is 0 Å². The van der Waals surface area contributed by atoms with Crippen molar-refractivity contribution in [1.29, 1.82) is 0 Å². The predicted octanol–water partition coefficient (Wildman–Crippen LogP) is 0.272. The molecule has 0 saturated carbocycles. The minimum atomic E-state index is -1.22. The van der Waals surface area contributed by atoms with Crippen LogP contribution in [0.15, 0.2) is 0 Å². The smallest absolute Gasteiger partial charge is 0.248 e. The number of aliphatic hydroxyl groups is 2. The van der Waals surface area contributed by atoms with E-state index in [-0.39, 0.29) is 37.6 Å². The van der Waals surface area contributed by atoms with Gasteiger partial charge in [0.25, 0.3) is 0 Å². The number of hydrogen-bond acceptors (Lipinski definition) is 7. The van der Waals surface area contributed by atoms with Crippen molar-refractivity contribution in [3.63, 3.8) is 0 Å². The Morgan fingerprint density at radius 1 is 1.17 bits per heavy atom. The third-order valence-corrected chi connectivity index (χ3v) is 5.34. The van der Waals surface area contributed by atoms with Crippen LogP contribution in [0.5, 0.6) is 0 Å². The lowest BCUT2D eigenvalue weighted by Crippen LogP contribution is -2.54. The van der Waals surface area contributed by atoms with Crippen molar-refractivity contribution in [1.82, 2.24) is 9.80 Å². The van der Waals surface area contributed by atoms with Crippen molar-refractivity contribution >= 4 is 11.8 Å². The Bertz CT molecular complexity index is 518. The quantitative estimate of drug-likeness (QED) is 0.642. The number of nitrogens with zero attached hydrogens (tertiary/aromatic N) is 2. The number of aliphatic hydroxyl groups excluding tert-OH is 2. The standard InChI is InChI=1S/C21H40N2O7/c1-15(2)10-17-11-22(20(26)14-28-4)12-19(29-5)21(27)18(25)13-30-9-7-6-8-23(17)16(3)24/h15,17-19,21,25,27H,6-14H2,1-5H3/t17-,18+,19+,21+/m0/s1.